The summed E-state index contributed by atoms with van der Waals surface area (Å²) in [5.74, 6) is -0.483. The van der Waals surface area contributed by atoms with Gasteiger partial charge in [-0.05, 0) is 29.7 Å². The number of hydrogen-bond acceptors (Lipinski definition) is 5. The van der Waals surface area contributed by atoms with Gasteiger partial charge in [0.15, 0.2) is 0 Å². The van der Waals surface area contributed by atoms with Gasteiger partial charge in [0.1, 0.15) is 18.7 Å². The fraction of sp³-hybridized carbons (Fsp3) is 0.318. The molecule has 144 valence electrons. The van der Waals surface area contributed by atoms with Crippen LogP contribution in [0, 0.1) is 0 Å². The third-order valence-corrected chi connectivity index (χ3v) is 5.09. The molecule has 2 heterocycles. The van der Waals surface area contributed by atoms with Crippen molar-refractivity contribution in [1.82, 2.24) is 4.90 Å². The van der Waals surface area contributed by atoms with Crippen LogP contribution in [-0.4, -0.2) is 29.9 Å². The van der Waals surface area contributed by atoms with E-state index in [0.29, 0.717) is 24.1 Å². The molecule has 1 fully saturated rings. The highest BCUT2D eigenvalue weighted by Gasteiger charge is 2.20. The van der Waals surface area contributed by atoms with Gasteiger partial charge < -0.3 is 14.1 Å². The Morgan fingerprint density at radius 3 is 2.82 bits per heavy atom. The third-order valence-electron chi connectivity index (χ3n) is 5.09. The van der Waals surface area contributed by atoms with Gasteiger partial charge in [0.2, 0.25) is 5.91 Å². The molecule has 1 amide bonds. The summed E-state index contributed by atoms with van der Waals surface area (Å²) in [5, 5.41) is 2.69. The second-order valence-corrected chi connectivity index (χ2v) is 7.04. The SMILES string of the molecule is O=C(CN1CCCCCC1=O)OCc1cc(=O)oc2ccc3ccccc3c12. The number of hydrogen-bond donors (Lipinski definition) is 0. The van der Waals surface area contributed by atoms with Crippen LogP contribution in [0.2, 0.25) is 0 Å². The average molecular weight is 379 g/mol. The molecule has 2 aromatic carbocycles. The number of benzene rings is 2. The van der Waals surface area contributed by atoms with Crippen LogP contribution in [0.5, 0.6) is 0 Å². The number of fused-ring (bicyclic) bond motifs is 3. The molecule has 0 spiro atoms. The van der Waals surface area contributed by atoms with E-state index in [1.165, 1.54) is 6.07 Å². The van der Waals surface area contributed by atoms with Gasteiger partial charge in [-0.1, -0.05) is 36.8 Å². The van der Waals surface area contributed by atoms with E-state index in [0.717, 1.165) is 35.4 Å². The van der Waals surface area contributed by atoms with Crippen LogP contribution < -0.4 is 5.63 Å². The van der Waals surface area contributed by atoms with Crippen LogP contribution >= 0.6 is 0 Å². The van der Waals surface area contributed by atoms with Crippen LogP contribution in [0.25, 0.3) is 21.7 Å². The minimum atomic E-state index is -0.489. The average Bonchev–Trinajstić information content (AvgIpc) is 2.90. The van der Waals surface area contributed by atoms with E-state index < -0.39 is 11.6 Å². The van der Waals surface area contributed by atoms with Crippen LogP contribution in [0.3, 0.4) is 0 Å². The molecular formula is C22H21NO5. The second-order valence-electron chi connectivity index (χ2n) is 7.04. The number of carbonyl (C=O) groups excluding carboxylic acids is 2. The van der Waals surface area contributed by atoms with Gasteiger partial charge in [-0.25, -0.2) is 4.79 Å². The molecule has 0 atom stereocenters. The second kappa shape index (κ2) is 7.84. The maximum atomic E-state index is 12.3. The van der Waals surface area contributed by atoms with Crippen molar-refractivity contribution in [1.29, 1.82) is 0 Å². The van der Waals surface area contributed by atoms with Crippen molar-refractivity contribution in [3.8, 4) is 0 Å². The lowest BCUT2D eigenvalue weighted by Gasteiger charge is -2.19. The van der Waals surface area contributed by atoms with Gasteiger partial charge in [-0.15, -0.1) is 0 Å². The van der Waals surface area contributed by atoms with Crippen molar-refractivity contribution in [2.45, 2.75) is 32.3 Å². The summed E-state index contributed by atoms with van der Waals surface area (Å²) in [7, 11) is 0. The van der Waals surface area contributed by atoms with E-state index in [-0.39, 0.29) is 19.1 Å². The molecule has 0 radical (unpaired) electrons. The number of nitrogens with zero attached hydrogens (tertiary/aromatic N) is 1. The van der Waals surface area contributed by atoms with E-state index in [9.17, 15) is 14.4 Å². The summed E-state index contributed by atoms with van der Waals surface area (Å²) in [6.45, 7) is 0.479. The third kappa shape index (κ3) is 3.76. The Kier molecular flexibility index (Phi) is 5.10. The summed E-state index contributed by atoms with van der Waals surface area (Å²) in [6, 6.07) is 12.8. The maximum Gasteiger partial charge on any atom is 0.336 e. The number of carbonyl (C=O) groups is 2. The Hall–Kier alpha value is -3.15. The monoisotopic (exact) mass is 379 g/mol. The van der Waals surface area contributed by atoms with Crippen molar-refractivity contribution < 1.29 is 18.7 Å². The van der Waals surface area contributed by atoms with E-state index in [1.54, 1.807) is 11.0 Å². The van der Waals surface area contributed by atoms with Gasteiger partial charge in [-0.2, -0.15) is 0 Å². The lowest BCUT2D eigenvalue weighted by Crippen LogP contribution is -2.35. The maximum absolute atomic E-state index is 12.3. The number of amides is 1. The van der Waals surface area contributed by atoms with E-state index in [1.807, 2.05) is 30.3 Å². The first-order valence-corrected chi connectivity index (χ1v) is 9.50. The number of rotatable bonds is 4. The fourth-order valence-electron chi connectivity index (χ4n) is 3.70. The van der Waals surface area contributed by atoms with Crippen LogP contribution in [0.15, 0.2) is 51.7 Å². The Morgan fingerprint density at radius 1 is 1.07 bits per heavy atom. The highest BCUT2D eigenvalue weighted by atomic mass is 16.5. The predicted octanol–water partition coefficient (Wildman–Crippen LogP) is 3.39. The first kappa shape index (κ1) is 18.2. The Morgan fingerprint density at radius 2 is 1.93 bits per heavy atom. The first-order chi connectivity index (χ1) is 13.6. The molecule has 0 N–H and O–H groups in total. The molecule has 0 saturated carbocycles. The van der Waals surface area contributed by atoms with Crippen molar-refractivity contribution in [2.75, 3.05) is 13.1 Å². The van der Waals surface area contributed by atoms with Crippen LogP contribution in [-0.2, 0) is 20.9 Å². The molecule has 4 rings (SSSR count). The van der Waals surface area contributed by atoms with Crippen LogP contribution in [0.4, 0.5) is 0 Å². The summed E-state index contributed by atoms with van der Waals surface area (Å²) in [6.07, 6.45) is 3.23. The minimum absolute atomic E-state index is 0.00810. The Bertz CT molecular complexity index is 1100. The molecule has 3 aromatic rings. The van der Waals surface area contributed by atoms with E-state index in [2.05, 4.69) is 0 Å². The van der Waals surface area contributed by atoms with Gasteiger partial charge in [0.05, 0.1) is 0 Å². The lowest BCUT2D eigenvalue weighted by molar-refractivity contribution is -0.150. The molecule has 6 heteroatoms. The molecule has 0 aliphatic carbocycles. The highest BCUT2D eigenvalue weighted by Crippen LogP contribution is 2.27. The van der Waals surface area contributed by atoms with Crippen LogP contribution in [0.1, 0.15) is 31.2 Å². The summed E-state index contributed by atoms with van der Waals surface area (Å²) < 4.78 is 10.7. The van der Waals surface area contributed by atoms with Gasteiger partial charge in [-0.3, -0.25) is 9.59 Å². The van der Waals surface area contributed by atoms with Crippen molar-refractivity contribution in [2.24, 2.45) is 0 Å². The topological polar surface area (TPSA) is 76.8 Å². The molecule has 1 aliphatic heterocycles. The first-order valence-electron chi connectivity index (χ1n) is 9.50. The number of esters is 1. The van der Waals surface area contributed by atoms with E-state index in [4.69, 9.17) is 9.15 Å². The molecule has 0 unspecified atom stereocenters. The largest absolute Gasteiger partial charge is 0.459 e. The minimum Gasteiger partial charge on any atom is -0.459 e. The summed E-state index contributed by atoms with van der Waals surface area (Å²) in [4.78, 5) is 37.8. The summed E-state index contributed by atoms with van der Waals surface area (Å²) in [5.41, 5.74) is 0.565. The standard InChI is InChI=1S/C22H21NO5/c24-19-8-2-1-5-11-23(19)13-21(26)27-14-16-12-20(25)28-18-10-9-15-6-3-4-7-17(15)22(16)18/h3-4,6-7,9-10,12H,1-2,5,8,11,13-14H2. The molecule has 28 heavy (non-hydrogen) atoms. The highest BCUT2D eigenvalue weighted by molar-refractivity contribution is 6.07. The number of ether oxygens (including phenoxy) is 1. The lowest BCUT2D eigenvalue weighted by atomic mass is 10.0. The zero-order valence-electron chi connectivity index (χ0n) is 15.5. The van der Waals surface area contributed by atoms with E-state index >= 15 is 0 Å². The molecule has 0 bridgehead atoms. The smallest absolute Gasteiger partial charge is 0.336 e. The molecule has 1 aliphatic rings. The van der Waals surface area contributed by atoms with Crippen molar-refractivity contribution >= 4 is 33.6 Å². The van der Waals surface area contributed by atoms with Crippen molar-refractivity contribution in [3.63, 3.8) is 0 Å². The normalized spacial score (nSPS) is 15.0. The van der Waals surface area contributed by atoms with Gasteiger partial charge in [0.25, 0.3) is 0 Å². The molecule has 6 nitrogen and oxygen atoms in total. The zero-order valence-corrected chi connectivity index (χ0v) is 15.5. The summed E-state index contributed by atoms with van der Waals surface area (Å²) >= 11 is 0. The molecular weight excluding hydrogens is 358 g/mol. The predicted molar refractivity (Wildman–Crippen MR) is 105 cm³/mol. The van der Waals surface area contributed by atoms with Crippen molar-refractivity contribution in [3.05, 3.63) is 58.4 Å². The van der Waals surface area contributed by atoms with Gasteiger partial charge in [0, 0.05) is 30.0 Å². The quantitative estimate of drug-likeness (QED) is 0.394. The Balaban J connectivity index is 1.57. The van der Waals surface area contributed by atoms with Gasteiger partial charge >= 0.3 is 11.6 Å². The molecule has 1 aromatic heterocycles. The Labute approximate surface area is 161 Å². The number of likely N-dealkylation sites (tertiary alicyclic amines) is 1. The zero-order chi connectivity index (χ0) is 19.5. The molecule has 1 saturated heterocycles. The fourth-order valence-corrected chi connectivity index (χ4v) is 3.70.